The van der Waals surface area contributed by atoms with Gasteiger partial charge in [0, 0.05) is 18.4 Å². The molecule has 20 heavy (non-hydrogen) atoms. The van der Waals surface area contributed by atoms with E-state index in [1.54, 1.807) is 24.5 Å². The van der Waals surface area contributed by atoms with Crippen molar-refractivity contribution in [1.82, 2.24) is 9.55 Å². The van der Waals surface area contributed by atoms with Crippen molar-refractivity contribution in [3.05, 3.63) is 29.3 Å². The molecule has 108 valence electrons. The summed E-state index contributed by atoms with van der Waals surface area (Å²) >= 11 is 5.77. The van der Waals surface area contributed by atoms with Crippen LogP contribution >= 0.6 is 11.6 Å². The Bertz CT molecular complexity index is 654. The first kappa shape index (κ1) is 14.8. The molecule has 0 aliphatic heterocycles. The second-order valence-electron chi connectivity index (χ2n) is 4.63. The quantitative estimate of drug-likeness (QED) is 0.644. The number of hydrogen-bond acceptors (Lipinski definition) is 3. The van der Waals surface area contributed by atoms with Crippen molar-refractivity contribution in [2.24, 2.45) is 0 Å². The topological polar surface area (TPSA) is 44.1 Å². The third kappa shape index (κ3) is 2.50. The third-order valence-electron chi connectivity index (χ3n) is 3.29. The van der Waals surface area contributed by atoms with Crippen molar-refractivity contribution in [2.45, 2.75) is 26.3 Å². The summed E-state index contributed by atoms with van der Waals surface area (Å²) in [4.78, 5) is 16.2. The van der Waals surface area contributed by atoms with Gasteiger partial charge >= 0.3 is 5.97 Å². The molecular weight excluding hydrogens is 283 g/mol. The summed E-state index contributed by atoms with van der Waals surface area (Å²) in [5.74, 6) is 0.337. The van der Waals surface area contributed by atoms with Gasteiger partial charge in [-0.3, -0.25) is 0 Å². The molecule has 1 unspecified atom stereocenters. The van der Waals surface area contributed by atoms with Crippen molar-refractivity contribution in [3.63, 3.8) is 0 Å². The first-order valence-electron chi connectivity index (χ1n) is 6.30. The number of nitrogens with zero attached hydrogens (tertiary/aromatic N) is 2. The fraction of sp³-hybridized carbons (Fsp3) is 0.429. The van der Waals surface area contributed by atoms with Crippen LogP contribution in [-0.2, 0) is 16.0 Å². The summed E-state index contributed by atoms with van der Waals surface area (Å²) in [6.45, 7) is 3.40. The molecule has 0 bridgehead atoms. The molecule has 1 heterocycles. The van der Waals surface area contributed by atoms with E-state index in [9.17, 15) is 9.18 Å². The predicted molar refractivity (Wildman–Crippen MR) is 75.6 cm³/mol. The molecule has 0 saturated carbocycles. The Hall–Kier alpha value is -1.62. The van der Waals surface area contributed by atoms with Gasteiger partial charge in [0.25, 0.3) is 0 Å². The number of alkyl halides is 1. The van der Waals surface area contributed by atoms with Crippen LogP contribution in [0.1, 0.15) is 24.4 Å². The highest BCUT2D eigenvalue weighted by molar-refractivity contribution is 6.17. The maximum absolute atomic E-state index is 13.6. The van der Waals surface area contributed by atoms with Crippen LogP contribution in [-0.4, -0.2) is 28.5 Å². The van der Waals surface area contributed by atoms with E-state index in [0.717, 1.165) is 0 Å². The zero-order valence-electron chi connectivity index (χ0n) is 11.6. The fourth-order valence-electron chi connectivity index (χ4n) is 2.24. The van der Waals surface area contributed by atoms with Crippen LogP contribution in [0.15, 0.2) is 12.1 Å². The lowest BCUT2D eigenvalue weighted by Crippen LogP contribution is -2.20. The second-order valence-corrected chi connectivity index (χ2v) is 5.00. The summed E-state index contributed by atoms with van der Waals surface area (Å²) in [5, 5.41) is 0. The van der Waals surface area contributed by atoms with E-state index in [1.807, 2.05) is 0 Å². The average molecular weight is 299 g/mol. The maximum atomic E-state index is 13.6. The monoisotopic (exact) mass is 298 g/mol. The van der Waals surface area contributed by atoms with Crippen LogP contribution in [0.3, 0.4) is 0 Å². The van der Waals surface area contributed by atoms with Gasteiger partial charge in [-0.05, 0) is 25.5 Å². The van der Waals surface area contributed by atoms with E-state index >= 15 is 0 Å². The molecule has 6 heteroatoms. The number of fused-ring (bicyclic) bond motifs is 1. The van der Waals surface area contributed by atoms with Crippen molar-refractivity contribution in [1.29, 1.82) is 0 Å². The Balaban J connectivity index is 2.67. The number of aromatic nitrogens is 2. The van der Waals surface area contributed by atoms with Gasteiger partial charge in [-0.15, -0.1) is 11.6 Å². The molecule has 0 saturated heterocycles. The number of carbonyl (C=O) groups excluding carboxylic acids is 1. The first-order chi connectivity index (χ1) is 9.49. The van der Waals surface area contributed by atoms with Crippen LogP contribution in [0.25, 0.3) is 11.0 Å². The van der Waals surface area contributed by atoms with Crippen LogP contribution < -0.4 is 0 Å². The van der Waals surface area contributed by atoms with E-state index in [1.165, 1.54) is 13.2 Å². The van der Waals surface area contributed by atoms with Crippen molar-refractivity contribution < 1.29 is 13.9 Å². The molecule has 0 N–H and O–H groups in total. The fourth-order valence-corrected chi connectivity index (χ4v) is 2.41. The smallest absolute Gasteiger partial charge is 0.328 e. The summed E-state index contributed by atoms with van der Waals surface area (Å²) in [6.07, 6.45) is 0.498. The van der Waals surface area contributed by atoms with Gasteiger partial charge in [-0.1, -0.05) is 0 Å². The number of halogens is 2. The molecular formula is C14H16ClFN2O2. The molecule has 1 atom stereocenters. The molecule has 0 fully saturated rings. The standard InChI is InChI=1S/C14H16ClFN2O2/c1-8-6-12-11(7-10(8)16)17-13(4-5-15)18(12)9(2)14(19)20-3/h6-7,9H,4-5H2,1-3H3. The van der Waals surface area contributed by atoms with E-state index in [4.69, 9.17) is 16.3 Å². The van der Waals surface area contributed by atoms with Crippen molar-refractivity contribution in [2.75, 3.05) is 13.0 Å². The number of carbonyl (C=O) groups is 1. The number of aryl methyl sites for hydroxylation is 2. The number of esters is 1. The Morgan fingerprint density at radius 3 is 2.85 bits per heavy atom. The zero-order chi connectivity index (χ0) is 14.9. The first-order valence-corrected chi connectivity index (χ1v) is 6.83. The van der Waals surface area contributed by atoms with Gasteiger partial charge in [0.2, 0.25) is 0 Å². The maximum Gasteiger partial charge on any atom is 0.328 e. The summed E-state index contributed by atoms with van der Waals surface area (Å²) in [7, 11) is 1.34. The van der Waals surface area contributed by atoms with Gasteiger partial charge in [-0.25, -0.2) is 14.2 Å². The number of benzene rings is 1. The molecule has 0 radical (unpaired) electrons. The molecule has 0 aliphatic carbocycles. The Morgan fingerprint density at radius 2 is 2.25 bits per heavy atom. The number of ether oxygens (including phenoxy) is 1. The minimum Gasteiger partial charge on any atom is -0.467 e. The number of hydrogen-bond donors (Lipinski definition) is 0. The minimum absolute atomic E-state index is 0.315. The zero-order valence-corrected chi connectivity index (χ0v) is 12.4. The number of rotatable bonds is 4. The van der Waals surface area contributed by atoms with E-state index < -0.39 is 6.04 Å². The average Bonchev–Trinajstić information content (AvgIpc) is 2.75. The normalized spacial score (nSPS) is 12.7. The van der Waals surface area contributed by atoms with Crippen LogP contribution in [0.2, 0.25) is 0 Å². The number of imidazole rings is 1. The number of methoxy groups -OCH3 is 1. The Labute approximate surface area is 121 Å². The van der Waals surface area contributed by atoms with Crippen molar-refractivity contribution in [3.8, 4) is 0 Å². The van der Waals surface area contributed by atoms with Gasteiger partial charge < -0.3 is 9.30 Å². The van der Waals surface area contributed by atoms with E-state index in [0.29, 0.717) is 34.7 Å². The van der Waals surface area contributed by atoms with Gasteiger partial charge in [-0.2, -0.15) is 0 Å². The molecule has 4 nitrogen and oxygen atoms in total. The predicted octanol–water partition coefficient (Wildman–Crippen LogP) is 3.00. The van der Waals surface area contributed by atoms with Crippen LogP contribution in [0.5, 0.6) is 0 Å². The van der Waals surface area contributed by atoms with Gasteiger partial charge in [0.1, 0.15) is 17.7 Å². The summed E-state index contributed by atoms with van der Waals surface area (Å²) < 4.78 is 20.2. The van der Waals surface area contributed by atoms with Gasteiger partial charge in [0.15, 0.2) is 0 Å². The summed E-state index contributed by atoms with van der Waals surface area (Å²) in [6, 6.07) is 2.53. The highest BCUT2D eigenvalue weighted by Gasteiger charge is 2.22. The van der Waals surface area contributed by atoms with E-state index in [2.05, 4.69) is 4.98 Å². The second kappa shape index (κ2) is 5.79. The molecule has 0 amide bonds. The molecule has 2 rings (SSSR count). The lowest BCUT2D eigenvalue weighted by molar-refractivity contribution is -0.143. The van der Waals surface area contributed by atoms with Gasteiger partial charge in [0.05, 0.1) is 18.1 Å². The third-order valence-corrected chi connectivity index (χ3v) is 3.48. The van der Waals surface area contributed by atoms with Crippen LogP contribution in [0.4, 0.5) is 4.39 Å². The van der Waals surface area contributed by atoms with Crippen LogP contribution in [0, 0.1) is 12.7 Å². The molecule has 0 aliphatic rings. The SMILES string of the molecule is COC(=O)C(C)n1c(CCCl)nc2cc(F)c(C)cc21. The summed E-state index contributed by atoms with van der Waals surface area (Å²) in [5.41, 5.74) is 1.74. The minimum atomic E-state index is -0.534. The Kier molecular flexibility index (Phi) is 4.28. The largest absolute Gasteiger partial charge is 0.467 e. The molecule has 2 aromatic rings. The molecule has 1 aromatic heterocycles. The lowest BCUT2D eigenvalue weighted by atomic mass is 10.2. The Morgan fingerprint density at radius 1 is 1.55 bits per heavy atom. The highest BCUT2D eigenvalue weighted by atomic mass is 35.5. The van der Waals surface area contributed by atoms with E-state index in [-0.39, 0.29) is 11.8 Å². The van der Waals surface area contributed by atoms with Crippen molar-refractivity contribution >= 4 is 28.6 Å². The molecule has 0 spiro atoms. The highest BCUT2D eigenvalue weighted by Crippen LogP contribution is 2.25. The molecule has 1 aromatic carbocycles. The lowest BCUT2D eigenvalue weighted by Gasteiger charge is -2.15.